The Bertz CT molecular complexity index is 796. The molecule has 0 spiro atoms. The second kappa shape index (κ2) is 6.17. The number of amides is 1. The number of nitrogens with one attached hydrogen (secondary N) is 2. The van der Waals surface area contributed by atoms with Gasteiger partial charge in [-0.05, 0) is 55.8 Å². The lowest BCUT2D eigenvalue weighted by Crippen LogP contribution is -2.60. The van der Waals surface area contributed by atoms with Crippen molar-refractivity contribution in [2.75, 3.05) is 19.6 Å². The second-order valence-corrected chi connectivity index (χ2v) is 8.16. The summed E-state index contributed by atoms with van der Waals surface area (Å²) in [5.74, 6) is 1.12. The van der Waals surface area contributed by atoms with E-state index in [1.165, 1.54) is 28.5 Å². The molecule has 1 aliphatic heterocycles. The zero-order valence-corrected chi connectivity index (χ0v) is 15.6. The van der Waals surface area contributed by atoms with Gasteiger partial charge in [0.2, 0.25) is 5.91 Å². The number of hydrogen-bond donors (Lipinski definition) is 2. The minimum absolute atomic E-state index is 0.0778. The topological polar surface area (TPSA) is 48.1 Å². The average Bonchev–Trinajstić information content (AvgIpc) is 2.98. The Morgan fingerprint density at radius 3 is 3.04 bits per heavy atom. The van der Waals surface area contributed by atoms with Crippen molar-refractivity contribution in [1.82, 2.24) is 15.2 Å². The van der Waals surface area contributed by atoms with E-state index in [0.29, 0.717) is 11.8 Å². The monoisotopic (exact) mass is 339 g/mol. The third kappa shape index (κ3) is 2.67. The number of aromatic amines is 1. The number of rotatable bonds is 4. The van der Waals surface area contributed by atoms with Crippen LogP contribution in [-0.2, 0) is 11.2 Å². The fraction of sp³-hybridized carbons (Fsp3) is 0.571. The highest BCUT2D eigenvalue weighted by Crippen LogP contribution is 2.50. The molecule has 4 rings (SSSR count). The maximum absolute atomic E-state index is 11.4. The van der Waals surface area contributed by atoms with E-state index >= 15 is 0 Å². The number of carbonyl (C=O) groups is 1. The number of H-pyrrole nitrogens is 1. The molecule has 0 radical (unpaired) electrons. The molecule has 4 nitrogen and oxygen atoms in total. The first-order valence-corrected chi connectivity index (χ1v) is 9.61. The maximum Gasteiger partial charge on any atom is 0.216 e. The summed E-state index contributed by atoms with van der Waals surface area (Å²) in [6.45, 7) is 9.33. The van der Waals surface area contributed by atoms with E-state index in [9.17, 15) is 4.79 Å². The lowest BCUT2D eigenvalue weighted by atomic mass is 9.64. The van der Waals surface area contributed by atoms with Crippen molar-refractivity contribution in [3.05, 3.63) is 35.5 Å². The van der Waals surface area contributed by atoms with Gasteiger partial charge in [0, 0.05) is 48.6 Å². The first-order valence-electron chi connectivity index (χ1n) is 9.61. The van der Waals surface area contributed by atoms with Gasteiger partial charge >= 0.3 is 0 Å². The van der Waals surface area contributed by atoms with E-state index in [0.717, 1.165) is 32.5 Å². The van der Waals surface area contributed by atoms with Crippen LogP contribution in [0.15, 0.2) is 24.4 Å². The highest BCUT2D eigenvalue weighted by molar-refractivity contribution is 5.88. The van der Waals surface area contributed by atoms with Crippen LogP contribution in [0.1, 0.15) is 50.7 Å². The summed E-state index contributed by atoms with van der Waals surface area (Å²) in [6, 6.07) is 6.70. The predicted molar refractivity (Wildman–Crippen MR) is 102 cm³/mol. The van der Waals surface area contributed by atoms with Gasteiger partial charge in [0.15, 0.2) is 0 Å². The Labute approximate surface area is 150 Å². The van der Waals surface area contributed by atoms with Crippen molar-refractivity contribution >= 4 is 16.8 Å². The minimum Gasteiger partial charge on any atom is -0.361 e. The summed E-state index contributed by atoms with van der Waals surface area (Å²) in [6.07, 6.45) is 5.64. The summed E-state index contributed by atoms with van der Waals surface area (Å²) in [5.41, 5.74) is 4.40. The van der Waals surface area contributed by atoms with E-state index in [2.05, 4.69) is 53.4 Å². The molecule has 1 aromatic heterocycles. The van der Waals surface area contributed by atoms with Gasteiger partial charge in [-0.3, -0.25) is 9.69 Å². The molecule has 2 N–H and O–H groups in total. The average molecular weight is 339 g/mol. The Morgan fingerprint density at radius 2 is 2.28 bits per heavy atom. The highest BCUT2D eigenvalue weighted by Gasteiger charge is 2.48. The lowest BCUT2D eigenvalue weighted by molar-refractivity contribution is -0.119. The smallest absolute Gasteiger partial charge is 0.216 e. The third-order valence-corrected chi connectivity index (χ3v) is 6.40. The van der Waals surface area contributed by atoms with Gasteiger partial charge in [0.1, 0.15) is 0 Å². The second-order valence-electron chi connectivity index (χ2n) is 8.16. The first-order chi connectivity index (χ1) is 12.0. The van der Waals surface area contributed by atoms with Crippen LogP contribution in [-0.4, -0.2) is 41.0 Å². The maximum atomic E-state index is 11.4. The summed E-state index contributed by atoms with van der Waals surface area (Å²) in [4.78, 5) is 17.6. The van der Waals surface area contributed by atoms with E-state index in [1.807, 2.05) is 0 Å². The van der Waals surface area contributed by atoms with Gasteiger partial charge in [-0.25, -0.2) is 0 Å². The Hall–Kier alpha value is -1.81. The molecule has 4 heteroatoms. The fourth-order valence-corrected chi connectivity index (χ4v) is 5.25. The number of benzene rings is 1. The zero-order valence-electron chi connectivity index (χ0n) is 15.6. The molecule has 2 aromatic rings. The van der Waals surface area contributed by atoms with Crippen molar-refractivity contribution in [1.29, 1.82) is 0 Å². The minimum atomic E-state index is 0.0778. The van der Waals surface area contributed by atoms with Crippen molar-refractivity contribution < 1.29 is 4.79 Å². The zero-order chi connectivity index (χ0) is 17.6. The predicted octanol–water partition coefficient (Wildman–Crippen LogP) is 3.43. The van der Waals surface area contributed by atoms with E-state index in [-0.39, 0.29) is 11.4 Å². The van der Waals surface area contributed by atoms with Crippen LogP contribution in [0.5, 0.6) is 0 Å². The molecule has 1 amide bonds. The Morgan fingerprint density at radius 1 is 1.44 bits per heavy atom. The molecule has 0 bridgehead atoms. The summed E-state index contributed by atoms with van der Waals surface area (Å²) < 4.78 is 0. The van der Waals surface area contributed by atoms with Crippen molar-refractivity contribution in [2.45, 2.75) is 51.5 Å². The molecule has 134 valence electrons. The van der Waals surface area contributed by atoms with Crippen LogP contribution in [0.25, 0.3) is 10.9 Å². The Kier molecular flexibility index (Phi) is 4.11. The van der Waals surface area contributed by atoms with E-state index in [4.69, 9.17) is 0 Å². The van der Waals surface area contributed by atoms with Crippen molar-refractivity contribution in [2.24, 2.45) is 5.92 Å². The quantitative estimate of drug-likeness (QED) is 0.896. The molecule has 3 atom stereocenters. The number of piperidine rings is 1. The van der Waals surface area contributed by atoms with Crippen molar-refractivity contribution in [3.8, 4) is 0 Å². The molecule has 2 aliphatic rings. The van der Waals surface area contributed by atoms with Crippen LogP contribution < -0.4 is 5.32 Å². The van der Waals surface area contributed by atoms with Gasteiger partial charge in [0.05, 0.1) is 0 Å². The molecule has 0 saturated carbocycles. The normalized spacial score (nSPS) is 28.8. The third-order valence-electron chi connectivity index (χ3n) is 6.40. The molecule has 25 heavy (non-hydrogen) atoms. The number of carbonyl (C=O) groups excluding carboxylic acids is 1. The van der Waals surface area contributed by atoms with Crippen LogP contribution in [0.4, 0.5) is 0 Å². The molecule has 2 heterocycles. The molecule has 1 aliphatic carbocycles. The molecule has 1 saturated heterocycles. The van der Waals surface area contributed by atoms with E-state index in [1.54, 1.807) is 6.92 Å². The Balaban J connectivity index is 1.74. The summed E-state index contributed by atoms with van der Waals surface area (Å²) in [7, 11) is 0. The first kappa shape index (κ1) is 16.6. The fourth-order valence-electron chi connectivity index (χ4n) is 5.25. The summed E-state index contributed by atoms with van der Waals surface area (Å²) >= 11 is 0. The van der Waals surface area contributed by atoms with Crippen molar-refractivity contribution in [3.63, 3.8) is 0 Å². The summed E-state index contributed by atoms with van der Waals surface area (Å²) in [5, 5.41) is 4.50. The SMILES string of the molecule is CCCN1C[C@H](CNC(C)=O)C[C@@H]2c3cccc4[nH]cc(c34)C[C@]21C. The highest BCUT2D eigenvalue weighted by atomic mass is 16.1. The van der Waals surface area contributed by atoms with E-state index < -0.39 is 0 Å². The lowest BCUT2D eigenvalue weighted by Gasteiger charge is -2.55. The largest absolute Gasteiger partial charge is 0.361 e. The number of aromatic nitrogens is 1. The number of hydrogen-bond acceptors (Lipinski definition) is 2. The number of nitrogens with zero attached hydrogens (tertiary/aromatic N) is 1. The number of likely N-dealkylation sites (tertiary alicyclic amines) is 1. The molecule has 1 aromatic carbocycles. The van der Waals surface area contributed by atoms with Crippen LogP contribution in [0.3, 0.4) is 0 Å². The van der Waals surface area contributed by atoms with Gasteiger partial charge in [-0.2, -0.15) is 0 Å². The standard InChI is InChI=1S/C21H29N3O/c1-4-8-24-13-15(11-22-14(2)25)9-18-17-6-5-7-19-20(17)16(12-23-19)10-21(18,24)3/h5-7,12,15,18,23H,4,8-11,13H2,1-3H3,(H,22,25)/t15-,18+,21+/m0/s1. The van der Waals surface area contributed by atoms with Gasteiger partial charge < -0.3 is 10.3 Å². The molecule has 0 unspecified atom stereocenters. The van der Waals surface area contributed by atoms with Crippen LogP contribution >= 0.6 is 0 Å². The van der Waals surface area contributed by atoms with Gasteiger partial charge in [-0.15, -0.1) is 0 Å². The van der Waals surface area contributed by atoms with Gasteiger partial charge in [0.25, 0.3) is 0 Å². The van der Waals surface area contributed by atoms with Gasteiger partial charge in [-0.1, -0.05) is 19.1 Å². The van der Waals surface area contributed by atoms with Crippen LogP contribution in [0.2, 0.25) is 0 Å². The molecular weight excluding hydrogens is 310 g/mol. The molecule has 1 fully saturated rings. The number of fused-ring (bicyclic) bond motifs is 2. The van der Waals surface area contributed by atoms with Crippen LogP contribution in [0, 0.1) is 5.92 Å². The molecular formula is C21H29N3O.